The fourth-order valence-electron chi connectivity index (χ4n) is 1.24. The maximum atomic E-state index is 11.0. The number of hydrogen-bond donors (Lipinski definition) is 2. The fourth-order valence-corrected chi connectivity index (χ4v) is 1.44. The number of hydrogen-bond acceptors (Lipinski definition) is 2. The Hall–Kier alpha value is -1.06. The number of rotatable bonds is 3. The maximum absolute atomic E-state index is 11.0. The number of carbonyl (C=O) groups is 1. The van der Waals surface area contributed by atoms with Crippen LogP contribution in [-0.2, 0) is 10.3 Å². The molecule has 14 heavy (non-hydrogen) atoms. The molecule has 0 fully saturated rings. The molecule has 1 atom stereocenters. The number of carboxylic acid groups (broad SMARTS) is 1. The molecule has 3 nitrogen and oxygen atoms in total. The van der Waals surface area contributed by atoms with E-state index in [9.17, 15) is 4.79 Å². The summed E-state index contributed by atoms with van der Waals surface area (Å²) in [7, 11) is 0. The van der Waals surface area contributed by atoms with E-state index in [0.717, 1.165) is 0 Å². The maximum Gasteiger partial charge on any atom is 0.328 e. The molecule has 0 aliphatic carbocycles. The van der Waals surface area contributed by atoms with Crippen LogP contribution in [0.2, 0.25) is 5.02 Å². The van der Waals surface area contributed by atoms with Crippen LogP contribution < -0.4 is 5.73 Å². The third kappa shape index (κ3) is 1.89. The third-order valence-corrected chi connectivity index (χ3v) is 2.51. The summed E-state index contributed by atoms with van der Waals surface area (Å²) in [5.74, 6) is -1.04. The van der Waals surface area contributed by atoms with Crippen molar-refractivity contribution in [1.82, 2.24) is 0 Å². The Morgan fingerprint density at radius 2 is 2.29 bits per heavy atom. The van der Waals surface area contributed by atoms with Crippen molar-refractivity contribution in [2.45, 2.75) is 18.9 Å². The zero-order chi connectivity index (χ0) is 10.8. The molecule has 0 spiro atoms. The van der Waals surface area contributed by atoms with Crippen LogP contribution in [0.15, 0.2) is 24.3 Å². The summed E-state index contributed by atoms with van der Waals surface area (Å²) in [6, 6.07) is 6.63. The molecule has 76 valence electrons. The Morgan fingerprint density at radius 3 is 2.71 bits per heavy atom. The topological polar surface area (TPSA) is 63.3 Å². The van der Waals surface area contributed by atoms with Gasteiger partial charge in [0.05, 0.1) is 0 Å². The minimum absolute atomic E-state index is 0.322. The lowest BCUT2D eigenvalue weighted by molar-refractivity contribution is -0.143. The van der Waals surface area contributed by atoms with Crippen molar-refractivity contribution in [2.24, 2.45) is 5.73 Å². The van der Waals surface area contributed by atoms with Gasteiger partial charge in [-0.25, -0.2) is 4.79 Å². The first-order chi connectivity index (χ1) is 6.50. The van der Waals surface area contributed by atoms with Crippen molar-refractivity contribution < 1.29 is 9.90 Å². The Morgan fingerprint density at radius 1 is 1.64 bits per heavy atom. The molecule has 0 heterocycles. The SMILES string of the molecule is CCC(N)(C(=O)O)c1cccc(Cl)c1. The summed E-state index contributed by atoms with van der Waals surface area (Å²) in [6.07, 6.45) is 0.322. The summed E-state index contributed by atoms with van der Waals surface area (Å²) in [6.45, 7) is 1.73. The van der Waals surface area contributed by atoms with E-state index < -0.39 is 11.5 Å². The molecule has 1 unspecified atom stereocenters. The molecule has 0 amide bonds. The average Bonchev–Trinajstić information content (AvgIpc) is 2.16. The molecule has 0 aliphatic heterocycles. The summed E-state index contributed by atoms with van der Waals surface area (Å²) >= 11 is 5.76. The van der Waals surface area contributed by atoms with Crippen LogP contribution in [0.25, 0.3) is 0 Å². The Labute approximate surface area is 87.5 Å². The largest absolute Gasteiger partial charge is 0.480 e. The van der Waals surface area contributed by atoms with E-state index in [1.54, 1.807) is 31.2 Å². The molecule has 0 aliphatic rings. The van der Waals surface area contributed by atoms with Gasteiger partial charge >= 0.3 is 5.97 Å². The van der Waals surface area contributed by atoms with Crippen LogP contribution in [0.1, 0.15) is 18.9 Å². The second-order valence-corrected chi connectivity index (χ2v) is 3.58. The fraction of sp³-hybridized carbons (Fsp3) is 0.300. The van der Waals surface area contributed by atoms with Crippen molar-refractivity contribution >= 4 is 17.6 Å². The molecule has 1 aromatic carbocycles. The van der Waals surface area contributed by atoms with E-state index in [4.69, 9.17) is 22.4 Å². The van der Waals surface area contributed by atoms with Crippen LogP contribution in [0.4, 0.5) is 0 Å². The van der Waals surface area contributed by atoms with Crippen LogP contribution in [0.5, 0.6) is 0 Å². The van der Waals surface area contributed by atoms with Gasteiger partial charge in [-0.05, 0) is 24.1 Å². The Balaban J connectivity index is 3.19. The van der Waals surface area contributed by atoms with Gasteiger partial charge in [-0.1, -0.05) is 30.7 Å². The van der Waals surface area contributed by atoms with Crippen LogP contribution in [-0.4, -0.2) is 11.1 Å². The molecule has 0 bridgehead atoms. The first kappa shape index (κ1) is 11.0. The second kappa shape index (κ2) is 3.98. The third-order valence-electron chi connectivity index (χ3n) is 2.28. The normalized spacial score (nSPS) is 14.8. The van der Waals surface area contributed by atoms with Gasteiger partial charge in [0.15, 0.2) is 0 Å². The first-order valence-corrected chi connectivity index (χ1v) is 4.67. The van der Waals surface area contributed by atoms with E-state index in [0.29, 0.717) is 17.0 Å². The Kier molecular flexibility index (Phi) is 3.13. The molecule has 1 aromatic rings. The van der Waals surface area contributed by atoms with Crippen LogP contribution >= 0.6 is 11.6 Å². The van der Waals surface area contributed by atoms with Gasteiger partial charge < -0.3 is 10.8 Å². The van der Waals surface area contributed by atoms with Crippen molar-refractivity contribution in [3.8, 4) is 0 Å². The van der Waals surface area contributed by atoms with E-state index in [1.165, 1.54) is 0 Å². The highest BCUT2D eigenvalue weighted by atomic mass is 35.5. The number of carboxylic acids is 1. The predicted molar refractivity (Wildman–Crippen MR) is 55.2 cm³/mol. The monoisotopic (exact) mass is 213 g/mol. The van der Waals surface area contributed by atoms with Crippen molar-refractivity contribution in [2.75, 3.05) is 0 Å². The number of benzene rings is 1. The summed E-state index contributed by atoms with van der Waals surface area (Å²) in [5, 5.41) is 9.50. The van der Waals surface area contributed by atoms with Gasteiger partial charge in [0.25, 0.3) is 0 Å². The summed E-state index contributed by atoms with van der Waals surface area (Å²) in [5.41, 5.74) is 4.96. The number of halogens is 1. The molecule has 3 N–H and O–H groups in total. The van der Waals surface area contributed by atoms with E-state index >= 15 is 0 Å². The van der Waals surface area contributed by atoms with Crippen LogP contribution in [0, 0.1) is 0 Å². The molecule has 1 rings (SSSR count). The van der Waals surface area contributed by atoms with Gasteiger partial charge in [0.1, 0.15) is 5.54 Å². The summed E-state index contributed by atoms with van der Waals surface area (Å²) in [4.78, 5) is 11.0. The van der Waals surface area contributed by atoms with Crippen molar-refractivity contribution in [1.29, 1.82) is 0 Å². The lowest BCUT2D eigenvalue weighted by Crippen LogP contribution is -2.44. The molecule has 0 aromatic heterocycles. The molecule has 0 saturated carbocycles. The van der Waals surface area contributed by atoms with Crippen molar-refractivity contribution in [3.05, 3.63) is 34.9 Å². The minimum atomic E-state index is -1.34. The highest BCUT2D eigenvalue weighted by Crippen LogP contribution is 2.24. The highest BCUT2D eigenvalue weighted by Gasteiger charge is 2.33. The van der Waals surface area contributed by atoms with Gasteiger partial charge in [-0.15, -0.1) is 0 Å². The first-order valence-electron chi connectivity index (χ1n) is 4.29. The second-order valence-electron chi connectivity index (χ2n) is 3.14. The standard InChI is InChI=1S/C10H12ClNO2/c1-2-10(12,9(13)14)7-4-3-5-8(11)6-7/h3-6H,2,12H2,1H3,(H,13,14). The Bertz CT molecular complexity index is 354. The minimum Gasteiger partial charge on any atom is -0.480 e. The van der Waals surface area contributed by atoms with Crippen molar-refractivity contribution in [3.63, 3.8) is 0 Å². The van der Waals surface area contributed by atoms with Gasteiger partial charge in [0, 0.05) is 5.02 Å². The number of aliphatic carboxylic acids is 1. The molecule has 0 radical (unpaired) electrons. The average molecular weight is 214 g/mol. The van der Waals surface area contributed by atoms with E-state index in [-0.39, 0.29) is 0 Å². The van der Waals surface area contributed by atoms with Crippen LogP contribution in [0.3, 0.4) is 0 Å². The van der Waals surface area contributed by atoms with Gasteiger partial charge in [0.2, 0.25) is 0 Å². The molecule has 0 saturated heterocycles. The molecular weight excluding hydrogens is 202 g/mol. The van der Waals surface area contributed by atoms with E-state index in [2.05, 4.69) is 0 Å². The van der Waals surface area contributed by atoms with Gasteiger partial charge in [-0.2, -0.15) is 0 Å². The zero-order valence-electron chi connectivity index (χ0n) is 7.83. The van der Waals surface area contributed by atoms with Gasteiger partial charge in [-0.3, -0.25) is 0 Å². The number of nitrogens with two attached hydrogens (primary N) is 1. The molecule has 4 heteroatoms. The smallest absolute Gasteiger partial charge is 0.328 e. The summed E-state index contributed by atoms with van der Waals surface area (Å²) < 4.78 is 0. The molecular formula is C10H12ClNO2. The van der Waals surface area contributed by atoms with E-state index in [1.807, 2.05) is 0 Å². The zero-order valence-corrected chi connectivity index (χ0v) is 8.58. The predicted octanol–water partition coefficient (Wildman–Crippen LogP) is 1.99. The highest BCUT2D eigenvalue weighted by molar-refractivity contribution is 6.30. The quantitative estimate of drug-likeness (QED) is 0.807. The lowest BCUT2D eigenvalue weighted by atomic mass is 9.88. The lowest BCUT2D eigenvalue weighted by Gasteiger charge is -2.23.